The summed E-state index contributed by atoms with van der Waals surface area (Å²) in [5.41, 5.74) is 4.19. The Bertz CT molecular complexity index is 874. The van der Waals surface area contributed by atoms with Crippen molar-refractivity contribution in [3.05, 3.63) is 77.6 Å². The van der Waals surface area contributed by atoms with Gasteiger partial charge in [-0.25, -0.2) is 9.97 Å². The molecule has 0 unspecified atom stereocenters. The van der Waals surface area contributed by atoms with Crippen molar-refractivity contribution in [1.82, 2.24) is 9.97 Å². The summed E-state index contributed by atoms with van der Waals surface area (Å²) in [6.45, 7) is 2.12. The van der Waals surface area contributed by atoms with E-state index < -0.39 is 6.36 Å². The summed E-state index contributed by atoms with van der Waals surface area (Å²) in [6.07, 6.45) is 2.63. The molecule has 0 aliphatic heterocycles. The Balaban J connectivity index is 1.57. The van der Waals surface area contributed by atoms with Crippen LogP contribution >= 0.6 is 0 Å². The van der Waals surface area contributed by atoms with E-state index in [1.54, 1.807) is 12.1 Å². The van der Waals surface area contributed by atoms with Crippen molar-refractivity contribution >= 4 is 0 Å². The zero-order chi connectivity index (χ0) is 20.0. The van der Waals surface area contributed by atoms with Crippen molar-refractivity contribution < 1.29 is 17.9 Å². The van der Waals surface area contributed by atoms with Crippen LogP contribution in [-0.2, 0) is 19.3 Å². The Hall–Kier alpha value is -2.89. The lowest BCUT2D eigenvalue weighted by Crippen LogP contribution is -2.17. The molecular formula is C22H21F3N2O. The van der Waals surface area contributed by atoms with Gasteiger partial charge in [-0.05, 0) is 48.1 Å². The first-order valence-electron chi connectivity index (χ1n) is 9.18. The molecule has 3 aromatic rings. The van der Waals surface area contributed by atoms with Crippen molar-refractivity contribution in [2.45, 2.75) is 39.0 Å². The van der Waals surface area contributed by atoms with Crippen LogP contribution in [0, 0.1) is 0 Å². The van der Waals surface area contributed by atoms with Gasteiger partial charge in [0.05, 0.1) is 0 Å². The molecular weight excluding hydrogens is 365 g/mol. The highest BCUT2D eigenvalue weighted by atomic mass is 19.4. The van der Waals surface area contributed by atoms with E-state index in [9.17, 15) is 13.2 Å². The van der Waals surface area contributed by atoms with Gasteiger partial charge >= 0.3 is 6.36 Å². The minimum absolute atomic E-state index is 0.203. The summed E-state index contributed by atoms with van der Waals surface area (Å²) < 4.78 is 40.5. The Morgan fingerprint density at radius 3 is 1.79 bits per heavy atom. The average Bonchev–Trinajstić information content (AvgIpc) is 2.68. The predicted octanol–water partition coefficient (Wildman–Crippen LogP) is 5.78. The summed E-state index contributed by atoms with van der Waals surface area (Å²) in [7, 11) is 0. The molecule has 28 heavy (non-hydrogen) atoms. The fourth-order valence-corrected chi connectivity index (χ4v) is 2.89. The zero-order valence-electron chi connectivity index (χ0n) is 15.5. The molecule has 2 aromatic carbocycles. The van der Waals surface area contributed by atoms with E-state index in [0.717, 1.165) is 47.9 Å². The van der Waals surface area contributed by atoms with Crippen LogP contribution in [0.25, 0.3) is 11.4 Å². The third-order valence-corrected chi connectivity index (χ3v) is 4.32. The molecule has 6 heteroatoms. The van der Waals surface area contributed by atoms with Crippen LogP contribution in [0.4, 0.5) is 13.2 Å². The first kappa shape index (κ1) is 19.9. The number of halogens is 3. The van der Waals surface area contributed by atoms with Crippen LogP contribution in [0.5, 0.6) is 5.75 Å². The van der Waals surface area contributed by atoms with E-state index in [1.807, 2.05) is 36.7 Å². The van der Waals surface area contributed by atoms with Gasteiger partial charge in [-0.1, -0.05) is 49.7 Å². The molecule has 0 fully saturated rings. The van der Waals surface area contributed by atoms with E-state index in [1.165, 1.54) is 12.1 Å². The molecule has 0 bridgehead atoms. The summed E-state index contributed by atoms with van der Waals surface area (Å²) in [4.78, 5) is 8.84. The first-order chi connectivity index (χ1) is 13.4. The number of alkyl halides is 3. The zero-order valence-corrected chi connectivity index (χ0v) is 15.5. The maximum atomic E-state index is 12.2. The van der Waals surface area contributed by atoms with E-state index in [0.29, 0.717) is 5.82 Å². The molecule has 3 rings (SSSR count). The van der Waals surface area contributed by atoms with Gasteiger partial charge in [0.25, 0.3) is 0 Å². The van der Waals surface area contributed by atoms with Crippen LogP contribution in [0.2, 0.25) is 0 Å². The van der Waals surface area contributed by atoms with Gasteiger partial charge in [-0.2, -0.15) is 0 Å². The third kappa shape index (κ3) is 5.81. The van der Waals surface area contributed by atoms with E-state index >= 15 is 0 Å². The number of hydrogen-bond acceptors (Lipinski definition) is 3. The van der Waals surface area contributed by atoms with Crippen LogP contribution in [0.15, 0.2) is 60.9 Å². The van der Waals surface area contributed by atoms with Gasteiger partial charge < -0.3 is 4.74 Å². The Kier molecular flexibility index (Phi) is 6.29. The highest BCUT2D eigenvalue weighted by Crippen LogP contribution is 2.23. The highest BCUT2D eigenvalue weighted by molar-refractivity contribution is 5.55. The second-order valence-electron chi connectivity index (χ2n) is 6.55. The lowest BCUT2D eigenvalue weighted by molar-refractivity contribution is -0.274. The highest BCUT2D eigenvalue weighted by Gasteiger charge is 2.30. The minimum atomic E-state index is -4.66. The van der Waals surface area contributed by atoms with Gasteiger partial charge in [0, 0.05) is 18.0 Å². The maximum absolute atomic E-state index is 12.2. The molecule has 146 valence electrons. The summed E-state index contributed by atoms with van der Waals surface area (Å²) in [5, 5.41) is 0. The molecule has 0 saturated carbocycles. The normalized spacial score (nSPS) is 11.4. The molecule has 0 atom stereocenters. The summed E-state index contributed by atoms with van der Waals surface area (Å²) in [5.74, 6) is 0.497. The van der Waals surface area contributed by atoms with Crippen molar-refractivity contribution in [3.8, 4) is 17.1 Å². The number of aromatic nitrogens is 2. The lowest BCUT2D eigenvalue weighted by atomic mass is 10.0. The summed E-state index contributed by atoms with van der Waals surface area (Å²) >= 11 is 0. The minimum Gasteiger partial charge on any atom is -0.406 e. The van der Waals surface area contributed by atoms with Gasteiger partial charge in [-0.3, -0.25) is 0 Å². The largest absolute Gasteiger partial charge is 0.573 e. The average molecular weight is 386 g/mol. The monoisotopic (exact) mass is 386 g/mol. The number of rotatable bonds is 7. The second-order valence-corrected chi connectivity index (χ2v) is 6.55. The summed E-state index contributed by atoms with van der Waals surface area (Å²) in [6, 6.07) is 14.0. The first-order valence-corrected chi connectivity index (χ1v) is 9.18. The SMILES string of the molecule is CCCc1cnc(-c2ccc(CCc3ccc(OC(F)(F)F)cc3)cc2)nc1. The van der Waals surface area contributed by atoms with Crippen molar-refractivity contribution in [2.75, 3.05) is 0 Å². The van der Waals surface area contributed by atoms with Crippen molar-refractivity contribution in [3.63, 3.8) is 0 Å². The van der Waals surface area contributed by atoms with Gasteiger partial charge in [0.1, 0.15) is 5.75 Å². The molecule has 0 aliphatic carbocycles. The van der Waals surface area contributed by atoms with Gasteiger partial charge in [0.2, 0.25) is 0 Å². The maximum Gasteiger partial charge on any atom is 0.573 e. The number of hydrogen-bond donors (Lipinski definition) is 0. The molecule has 0 amide bonds. The molecule has 0 N–H and O–H groups in total. The Morgan fingerprint density at radius 1 is 0.750 bits per heavy atom. The molecule has 0 aliphatic rings. The van der Waals surface area contributed by atoms with Gasteiger partial charge in [0.15, 0.2) is 5.82 Å². The van der Waals surface area contributed by atoms with E-state index in [2.05, 4.69) is 21.6 Å². The quantitative estimate of drug-likeness (QED) is 0.516. The van der Waals surface area contributed by atoms with Crippen molar-refractivity contribution in [1.29, 1.82) is 0 Å². The van der Waals surface area contributed by atoms with E-state index in [-0.39, 0.29) is 5.75 Å². The molecule has 3 nitrogen and oxygen atoms in total. The van der Waals surface area contributed by atoms with E-state index in [4.69, 9.17) is 0 Å². The number of benzene rings is 2. The molecule has 1 aromatic heterocycles. The van der Waals surface area contributed by atoms with Crippen LogP contribution < -0.4 is 4.74 Å². The smallest absolute Gasteiger partial charge is 0.406 e. The number of ether oxygens (including phenoxy) is 1. The molecule has 0 spiro atoms. The standard InChI is InChI=1S/C22H21F3N2O/c1-2-3-18-14-26-21(27-15-18)19-10-6-16(7-11-19)4-5-17-8-12-20(13-9-17)28-22(23,24)25/h6-15H,2-5H2,1H3. The Morgan fingerprint density at radius 2 is 1.29 bits per heavy atom. The topological polar surface area (TPSA) is 35.0 Å². The molecule has 0 saturated heterocycles. The lowest BCUT2D eigenvalue weighted by Gasteiger charge is -2.09. The predicted molar refractivity (Wildman–Crippen MR) is 102 cm³/mol. The number of nitrogens with zero attached hydrogens (tertiary/aromatic N) is 2. The molecule has 1 heterocycles. The second kappa shape index (κ2) is 8.87. The molecule has 0 radical (unpaired) electrons. The fraction of sp³-hybridized carbons (Fsp3) is 0.273. The Labute approximate surface area is 162 Å². The van der Waals surface area contributed by atoms with Crippen LogP contribution in [0.1, 0.15) is 30.0 Å². The van der Waals surface area contributed by atoms with Crippen LogP contribution in [0.3, 0.4) is 0 Å². The van der Waals surface area contributed by atoms with Crippen LogP contribution in [-0.4, -0.2) is 16.3 Å². The number of aryl methyl sites for hydroxylation is 3. The van der Waals surface area contributed by atoms with Crippen molar-refractivity contribution in [2.24, 2.45) is 0 Å². The van der Waals surface area contributed by atoms with Gasteiger partial charge in [-0.15, -0.1) is 13.2 Å². The fourth-order valence-electron chi connectivity index (χ4n) is 2.89. The third-order valence-electron chi connectivity index (χ3n) is 4.32.